The predicted molar refractivity (Wildman–Crippen MR) is 46.6 cm³/mol. The Labute approximate surface area is 72.8 Å². The largest absolute Gasteiger partial charge is 0.377 e. The van der Waals surface area contributed by atoms with E-state index < -0.39 is 0 Å². The average Bonchev–Trinajstić information content (AvgIpc) is 2.52. The summed E-state index contributed by atoms with van der Waals surface area (Å²) in [5, 5.41) is 4.57. The van der Waals surface area contributed by atoms with Gasteiger partial charge in [-0.05, 0) is 26.7 Å². The molecule has 0 N–H and O–H groups in total. The first-order valence-corrected chi connectivity index (χ1v) is 4.27. The Hall–Kier alpha value is -0.640. The molecule has 4 heteroatoms. The second-order valence-electron chi connectivity index (χ2n) is 3.71. The summed E-state index contributed by atoms with van der Waals surface area (Å²) < 4.78 is 5.31. The summed E-state index contributed by atoms with van der Waals surface area (Å²) in [6.07, 6.45) is 2.02. The van der Waals surface area contributed by atoms with Crippen LogP contribution in [0.1, 0.15) is 26.7 Å². The highest BCUT2D eigenvalue weighted by Crippen LogP contribution is 2.28. The predicted octanol–water partition coefficient (Wildman–Crippen LogP) is 1.56. The normalized spacial score (nSPS) is 24.6. The molecule has 0 radical (unpaired) electrons. The highest BCUT2D eigenvalue weighted by molar-refractivity contribution is 4.90. The summed E-state index contributed by atoms with van der Waals surface area (Å²) in [4.78, 5) is 10.4. The lowest BCUT2D eigenvalue weighted by atomic mass is 9.97. The molecule has 1 atom stereocenters. The number of rotatable bonds is 3. The summed E-state index contributed by atoms with van der Waals surface area (Å²) in [5.41, 5.74) is -0.273. The molecule has 12 heavy (non-hydrogen) atoms. The molecule has 1 aliphatic rings. The van der Waals surface area contributed by atoms with Crippen LogP contribution in [0.3, 0.4) is 0 Å². The van der Waals surface area contributed by atoms with Crippen LogP contribution in [0, 0.1) is 4.91 Å². The molecule has 0 saturated carbocycles. The van der Waals surface area contributed by atoms with Gasteiger partial charge in [-0.2, -0.15) is 0 Å². The highest BCUT2D eigenvalue weighted by Gasteiger charge is 2.37. The molecule has 0 unspecified atom stereocenters. The van der Waals surface area contributed by atoms with Crippen LogP contribution < -0.4 is 0 Å². The minimum atomic E-state index is -0.273. The standard InChI is InChI=1S/C8H16N2O2/c1-8(2,12-3)7-5-4-6-10(7)9-11/h7H,4-6H2,1-3H3/t7-/m0/s1. The van der Waals surface area contributed by atoms with Crippen LogP contribution in [0.15, 0.2) is 5.29 Å². The van der Waals surface area contributed by atoms with E-state index in [4.69, 9.17) is 4.74 Å². The van der Waals surface area contributed by atoms with Gasteiger partial charge in [0, 0.05) is 13.7 Å². The van der Waals surface area contributed by atoms with Crippen molar-refractivity contribution in [3.05, 3.63) is 4.91 Å². The molecular weight excluding hydrogens is 156 g/mol. The van der Waals surface area contributed by atoms with Crippen molar-refractivity contribution >= 4 is 0 Å². The van der Waals surface area contributed by atoms with E-state index in [2.05, 4.69) is 5.29 Å². The second-order valence-corrected chi connectivity index (χ2v) is 3.71. The lowest BCUT2D eigenvalue weighted by molar-refractivity contribution is -0.0400. The highest BCUT2D eigenvalue weighted by atomic mass is 16.5. The zero-order valence-electron chi connectivity index (χ0n) is 7.91. The van der Waals surface area contributed by atoms with E-state index in [1.54, 1.807) is 12.1 Å². The van der Waals surface area contributed by atoms with Gasteiger partial charge in [0.1, 0.15) is 0 Å². The fraction of sp³-hybridized carbons (Fsp3) is 1.00. The van der Waals surface area contributed by atoms with Crippen LogP contribution in [0.5, 0.6) is 0 Å². The number of hydrogen-bond donors (Lipinski definition) is 0. The Morgan fingerprint density at radius 1 is 1.58 bits per heavy atom. The van der Waals surface area contributed by atoms with Crippen molar-refractivity contribution in [1.82, 2.24) is 5.01 Å². The van der Waals surface area contributed by atoms with Crippen LogP contribution >= 0.6 is 0 Å². The Morgan fingerprint density at radius 2 is 2.25 bits per heavy atom. The molecule has 0 aromatic carbocycles. The second kappa shape index (κ2) is 3.39. The molecule has 1 aliphatic heterocycles. The summed E-state index contributed by atoms with van der Waals surface area (Å²) in [5.74, 6) is 0. The third-order valence-corrected chi connectivity index (χ3v) is 2.66. The van der Waals surface area contributed by atoms with Crippen LogP contribution in [-0.2, 0) is 4.74 Å². The van der Waals surface area contributed by atoms with Crippen molar-refractivity contribution in [2.75, 3.05) is 13.7 Å². The van der Waals surface area contributed by atoms with E-state index in [0.29, 0.717) is 0 Å². The van der Waals surface area contributed by atoms with Crippen molar-refractivity contribution in [3.63, 3.8) is 0 Å². The third-order valence-electron chi connectivity index (χ3n) is 2.66. The SMILES string of the molecule is COC(C)(C)[C@@H]1CCCN1N=O. The minimum Gasteiger partial charge on any atom is -0.377 e. The number of nitroso groups, excluding NO2 is 1. The smallest absolute Gasteiger partial charge is 0.0842 e. The van der Waals surface area contributed by atoms with Crippen molar-refractivity contribution in [2.45, 2.75) is 38.3 Å². The monoisotopic (exact) mass is 172 g/mol. The van der Waals surface area contributed by atoms with Crippen LogP contribution in [0.25, 0.3) is 0 Å². The Bertz CT molecular complexity index is 170. The molecule has 70 valence electrons. The Kier molecular flexibility index (Phi) is 2.67. The quantitative estimate of drug-likeness (QED) is 0.606. The van der Waals surface area contributed by atoms with Gasteiger partial charge >= 0.3 is 0 Å². The van der Waals surface area contributed by atoms with Gasteiger partial charge in [0.2, 0.25) is 0 Å². The molecule has 0 amide bonds. The maximum absolute atomic E-state index is 10.4. The van der Waals surface area contributed by atoms with Gasteiger partial charge in [-0.25, -0.2) is 0 Å². The van der Waals surface area contributed by atoms with E-state index >= 15 is 0 Å². The van der Waals surface area contributed by atoms with Crippen molar-refractivity contribution in [2.24, 2.45) is 5.29 Å². The average molecular weight is 172 g/mol. The molecule has 0 aromatic rings. The van der Waals surface area contributed by atoms with E-state index in [0.717, 1.165) is 19.4 Å². The maximum atomic E-state index is 10.4. The van der Waals surface area contributed by atoms with Crippen LogP contribution in [0.2, 0.25) is 0 Å². The molecule has 1 rings (SSSR count). The van der Waals surface area contributed by atoms with Gasteiger partial charge in [0.05, 0.1) is 16.9 Å². The van der Waals surface area contributed by atoms with E-state index in [1.165, 1.54) is 0 Å². The van der Waals surface area contributed by atoms with E-state index in [1.807, 2.05) is 13.8 Å². The van der Waals surface area contributed by atoms with Crippen molar-refractivity contribution < 1.29 is 4.74 Å². The summed E-state index contributed by atoms with van der Waals surface area (Å²) in [7, 11) is 1.67. The first-order chi connectivity index (χ1) is 5.61. The molecule has 0 aliphatic carbocycles. The zero-order chi connectivity index (χ0) is 9.19. The zero-order valence-corrected chi connectivity index (χ0v) is 7.91. The van der Waals surface area contributed by atoms with Gasteiger partial charge in [0.25, 0.3) is 0 Å². The van der Waals surface area contributed by atoms with Gasteiger partial charge in [-0.15, -0.1) is 4.91 Å². The number of ether oxygens (including phenoxy) is 1. The van der Waals surface area contributed by atoms with Gasteiger partial charge < -0.3 is 4.74 Å². The molecule has 1 saturated heterocycles. The summed E-state index contributed by atoms with van der Waals surface area (Å²) in [6.45, 7) is 4.74. The van der Waals surface area contributed by atoms with Gasteiger partial charge in [0.15, 0.2) is 0 Å². The van der Waals surface area contributed by atoms with E-state index in [9.17, 15) is 4.91 Å². The number of nitrogens with zero attached hydrogens (tertiary/aromatic N) is 2. The molecule has 0 aromatic heterocycles. The molecule has 1 fully saturated rings. The number of methoxy groups -OCH3 is 1. The van der Waals surface area contributed by atoms with Crippen LogP contribution in [-0.4, -0.2) is 30.3 Å². The van der Waals surface area contributed by atoms with Gasteiger partial charge in [-0.3, -0.25) is 5.01 Å². The lowest BCUT2D eigenvalue weighted by Gasteiger charge is -2.33. The maximum Gasteiger partial charge on any atom is 0.0842 e. The fourth-order valence-corrected chi connectivity index (χ4v) is 1.69. The summed E-state index contributed by atoms with van der Waals surface area (Å²) in [6, 6.07) is 0.139. The Balaban J connectivity index is 2.66. The fourth-order valence-electron chi connectivity index (χ4n) is 1.69. The Morgan fingerprint density at radius 3 is 2.75 bits per heavy atom. The topological polar surface area (TPSA) is 41.9 Å². The van der Waals surface area contributed by atoms with E-state index in [-0.39, 0.29) is 11.6 Å². The first kappa shape index (κ1) is 9.45. The first-order valence-electron chi connectivity index (χ1n) is 4.27. The minimum absolute atomic E-state index is 0.139. The molecule has 4 nitrogen and oxygen atoms in total. The van der Waals surface area contributed by atoms with Crippen LogP contribution in [0.4, 0.5) is 0 Å². The van der Waals surface area contributed by atoms with Crippen molar-refractivity contribution in [1.29, 1.82) is 0 Å². The molecule has 0 bridgehead atoms. The summed E-state index contributed by atoms with van der Waals surface area (Å²) >= 11 is 0. The number of hydrogen-bond acceptors (Lipinski definition) is 3. The molecule has 0 spiro atoms. The van der Waals surface area contributed by atoms with Gasteiger partial charge in [-0.1, -0.05) is 0 Å². The lowest BCUT2D eigenvalue weighted by Crippen LogP contribution is -2.44. The third kappa shape index (κ3) is 1.58. The molecule has 1 heterocycles. The molecular formula is C8H16N2O2. The van der Waals surface area contributed by atoms with Crippen molar-refractivity contribution in [3.8, 4) is 0 Å².